The number of nitrogens with one attached hydrogen (secondary N) is 2. The summed E-state index contributed by atoms with van der Waals surface area (Å²) in [5.74, 6) is 0.00187. The molecule has 0 aliphatic carbocycles. The van der Waals surface area contributed by atoms with Crippen molar-refractivity contribution >= 4 is 133 Å². The topological polar surface area (TPSA) is 95.6 Å². The fourth-order valence-electron chi connectivity index (χ4n) is 10.6. The van der Waals surface area contributed by atoms with Crippen molar-refractivity contribution < 1.29 is 54.7 Å². The monoisotopic (exact) mass is 1560 g/mol. The van der Waals surface area contributed by atoms with Crippen molar-refractivity contribution in [2.45, 2.75) is 25.3 Å². The molecule has 2 amide bonds. The summed E-state index contributed by atoms with van der Waals surface area (Å²) in [6.45, 7) is 4.16. The van der Waals surface area contributed by atoms with E-state index in [0.29, 0.717) is 64.7 Å². The molecule has 21 heteroatoms. The average Bonchev–Trinajstić information content (AvgIpc) is 2.69. The van der Waals surface area contributed by atoms with Gasteiger partial charge >= 0.3 is 78.8 Å². The molecular formula is C68H85Cl4N5O5P4Pd2Si+4. The molecule has 0 radical (unpaired) electrons. The zero-order chi connectivity index (χ0) is 63.2. The molecule has 0 bridgehead atoms. The molecule has 8 aromatic carbocycles. The normalized spacial score (nSPS) is 11.5. The molecule has 0 aromatic heterocycles. The molecule has 0 aliphatic rings. The molecule has 0 unspecified atom stereocenters. The van der Waals surface area contributed by atoms with Crippen LogP contribution in [0.15, 0.2) is 243 Å². The molecule has 0 saturated heterocycles. The Hall–Kier alpha value is -3.12. The van der Waals surface area contributed by atoms with Gasteiger partial charge in [-0.15, -0.1) is 0 Å². The summed E-state index contributed by atoms with van der Waals surface area (Å²) in [6.07, 6.45) is 4.95. The van der Waals surface area contributed by atoms with E-state index >= 15 is 0 Å². The van der Waals surface area contributed by atoms with Crippen molar-refractivity contribution in [1.29, 1.82) is 0 Å². The Morgan fingerprint density at radius 1 is 0.360 bits per heavy atom. The zero-order valence-electron chi connectivity index (χ0n) is 50.7. The van der Waals surface area contributed by atoms with Gasteiger partial charge in [0.15, 0.2) is 0 Å². The average molecular weight is 1560 g/mol. The Morgan fingerprint density at radius 3 is 0.775 bits per heavy atom. The van der Waals surface area contributed by atoms with E-state index in [4.69, 9.17) is 51.4 Å². The van der Waals surface area contributed by atoms with Crippen LogP contribution in [0.2, 0.25) is 6.04 Å². The third kappa shape index (κ3) is 27.0. The van der Waals surface area contributed by atoms with Crippen molar-refractivity contribution in [2.75, 3.05) is 92.3 Å². The van der Waals surface area contributed by atoms with E-state index in [9.17, 15) is 9.59 Å². The van der Waals surface area contributed by atoms with Gasteiger partial charge in [-0.2, -0.15) is 0 Å². The van der Waals surface area contributed by atoms with Crippen LogP contribution in [0.1, 0.15) is 19.3 Å². The number of rotatable bonds is 35. The first-order chi connectivity index (χ1) is 43.7. The molecule has 2 N–H and O–H groups in total. The molecule has 89 heavy (non-hydrogen) atoms. The van der Waals surface area contributed by atoms with Crippen LogP contribution in [-0.4, -0.2) is 128 Å². The number of halogens is 4. The summed E-state index contributed by atoms with van der Waals surface area (Å²) in [7, 11) is 16.5. The number of benzene rings is 8. The Labute approximate surface area is 568 Å². The Bertz CT molecular complexity index is 2600. The van der Waals surface area contributed by atoms with Crippen LogP contribution in [0.25, 0.3) is 0 Å². The van der Waals surface area contributed by atoms with Crippen LogP contribution in [0.4, 0.5) is 0 Å². The van der Waals surface area contributed by atoms with Crippen molar-refractivity contribution in [3.05, 3.63) is 243 Å². The Kier molecular flexibility index (Phi) is 37.4. The van der Waals surface area contributed by atoms with Crippen LogP contribution in [0.5, 0.6) is 0 Å². The van der Waals surface area contributed by atoms with Crippen molar-refractivity contribution in [3.8, 4) is 0 Å². The van der Waals surface area contributed by atoms with E-state index in [1.165, 1.54) is 42.4 Å². The second-order valence-corrected chi connectivity index (χ2v) is 38.3. The van der Waals surface area contributed by atoms with E-state index < -0.39 is 40.5 Å². The fourth-order valence-corrected chi connectivity index (χ4v) is 23.2. The summed E-state index contributed by atoms with van der Waals surface area (Å²) < 4.78 is 17.4. The van der Waals surface area contributed by atoms with Gasteiger partial charge in [0.2, 0.25) is 11.8 Å². The third-order valence-corrected chi connectivity index (χ3v) is 29.3. The molecular weight excluding hydrogens is 1470 g/mol. The molecule has 0 heterocycles. The number of nitrogens with zero attached hydrogens (tertiary/aromatic N) is 3. The van der Waals surface area contributed by atoms with Crippen molar-refractivity contribution in [2.24, 2.45) is 0 Å². The summed E-state index contributed by atoms with van der Waals surface area (Å²) in [5, 5.41) is 17.6. The van der Waals surface area contributed by atoms with E-state index in [0.717, 1.165) is 31.6 Å². The third-order valence-electron chi connectivity index (χ3n) is 15.2. The second-order valence-electron chi connectivity index (χ2n) is 20.8. The van der Waals surface area contributed by atoms with Crippen LogP contribution < -0.4 is 53.1 Å². The number of carbonyl (C=O) groups is 2. The minimum absolute atomic E-state index is 0.000937. The van der Waals surface area contributed by atoms with E-state index in [1.54, 1.807) is 21.3 Å². The van der Waals surface area contributed by atoms with Crippen molar-refractivity contribution in [1.82, 2.24) is 25.3 Å². The number of carbonyl (C=O) groups excluding carboxylic acids is 2. The van der Waals surface area contributed by atoms with Crippen LogP contribution in [-0.2, 0) is 54.7 Å². The molecule has 0 aliphatic heterocycles. The predicted molar refractivity (Wildman–Crippen MR) is 386 cm³/mol. The zero-order valence-corrected chi connectivity index (χ0v) is 61.9. The number of hydrogen-bond acceptors (Lipinski definition) is 8. The Morgan fingerprint density at radius 2 is 0.573 bits per heavy atom. The maximum atomic E-state index is 14.0. The summed E-state index contributed by atoms with van der Waals surface area (Å²) in [6, 6.07) is 88.2. The quantitative estimate of drug-likeness (QED) is 0.0300. The molecule has 8 aromatic rings. The molecule has 8 rings (SSSR count). The first-order valence-electron chi connectivity index (χ1n) is 29.5. The molecule has 0 saturated carbocycles. The second kappa shape index (κ2) is 44.5. The number of hydrogen-bond donors (Lipinski definition) is 2. The predicted octanol–water partition coefficient (Wildman–Crippen LogP) is 11.2. The van der Waals surface area contributed by atoms with E-state index in [1.807, 2.05) is 0 Å². The van der Waals surface area contributed by atoms with Crippen molar-refractivity contribution in [3.63, 3.8) is 0 Å². The maximum absolute atomic E-state index is 14.0. The van der Waals surface area contributed by atoms with Gasteiger partial charge in [-0.05, 0) is 110 Å². The van der Waals surface area contributed by atoms with E-state index in [2.05, 4.69) is 268 Å². The first kappa shape index (κ1) is 74.9. The van der Waals surface area contributed by atoms with Crippen LogP contribution in [0, 0.1) is 0 Å². The van der Waals surface area contributed by atoms with Gasteiger partial charge < -0.3 is 28.8 Å². The van der Waals surface area contributed by atoms with Gasteiger partial charge in [0, 0.05) is 79.5 Å². The molecule has 0 fully saturated rings. The standard InChI is InChI=1S/C68H81N5O5P4Si.4ClH.2Pd/c1-76-83(77-2,78-3)54-28-49-71(50-45-67(74)69-47-52-72(55-79(59-29-12-4-13-30-59)60-31-14-5-15-32-60)56-80(61-33-16-6-17-34-61)62-35-18-7-19-36-62)51-46-68(75)70-48-53-73(57-81(63-37-20-8-21-38-63)64-39-22-9-23-40-64)58-82(65-41-24-10-25-42-65)66-43-26-11-27-44-66;;;;;;/h4-27,29-44H,28,45-58H2,1-3H3,(H,69,74)(H,70,75);4*1H;;/q;;;;;2*+2. The summed E-state index contributed by atoms with van der Waals surface area (Å²) in [5.41, 5.74) is 0. The van der Waals surface area contributed by atoms with Gasteiger partial charge in [-0.1, -0.05) is 146 Å². The summed E-state index contributed by atoms with van der Waals surface area (Å²) in [4.78, 5) is 35.5. The summed E-state index contributed by atoms with van der Waals surface area (Å²) >= 11 is -0.211. The fraction of sp³-hybridized carbons (Fsp3) is 0.265. The van der Waals surface area contributed by atoms with Gasteiger partial charge in [-0.25, -0.2) is 9.80 Å². The number of amides is 2. The molecule has 0 atom stereocenters. The van der Waals surface area contributed by atoms with Gasteiger partial charge in [0.05, 0.1) is 74.1 Å². The van der Waals surface area contributed by atoms with Gasteiger partial charge in [0.1, 0.15) is 25.1 Å². The van der Waals surface area contributed by atoms with E-state index in [-0.39, 0.29) is 43.7 Å². The van der Waals surface area contributed by atoms with Crippen LogP contribution in [0.3, 0.4) is 0 Å². The minimum atomic E-state index is -2.84. The molecule has 0 spiro atoms. The Balaban J connectivity index is 0.00000202. The first-order valence-corrected chi connectivity index (χ1v) is 46.3. The SMILES string of the molecule is CO[Si](CCCN(CCC(=O)NCCN(C[PH+](c1ccccc1)c1ccccc1)C[PH+](c1ccccc1)c1ccccc1)CCC(=O)NCCN(C[PH+](c1ccccc1)c1ccccc1)C[PH+](c1ccccc1)c1ccccc1)(OC)OC.[Cl][Pd][Cl].[Cl][Pd][Cl]. The molecule has 480 valence electrons. The van der Waals surface area contributed by atoms with Gasteiger partial charge in [-0.3, -0.25) is 9.59 Å². The van der Waals surface area contributed by atoms with Gasteiger partial charge in [0.25, 0.3) is 0 Å². The van der Waals surface area contributed by atoms with Crippen LogP contribution >= 0.6 is 69.8 Å². The molecule has 10 nitrogen and oxygen atoms in total.